The van der Waals surface area contributed by atoms with E-state index in [4.69, 9.17) is 9.47 Å². The molecule has 178 valence electrons. The lowest BCUT2D eigenvalue weighted by Gasteiger charge is -2.23. The van der Waals surface area contributed by atoms with Crippen LogP contribution in [0, 0.1) is 5.92 Å². The Morgan fingerprint density at radius 2 is 1.62 bits per heavy atom. The Balaban J connectivity index is 2.77. The molecule has 0 aromatic heterocycles. The van der Waals surface area contributed by atoms with Crippen LogP contribution in [0.25, 0.3) is 0 Å². The molecule has 0 saturated carbocycles. The zero-order chi connectivity index (χ0) is 23.9. The average Bonchev–Trinajstić information content (AvgIpc) is 2.75. The molecule has 0 aliphatic rings. The number of unbranched alkanes of at least 4 members (excludes halogenated alkanes) is 1. The monoisotopic (exact) mass is 448 g/mol. The van der Waals surface area contributed by atoms with Crippen LogP contribution in [0.4, 0.5) is 4.79 Å². The highest BCUT2D eigenvalue weighted by Gasteiger charge is 2.28. The van der Waals surface area contributed by atoms with Crippen LogP contribution in [0.5, 0.6) is 0 Å². The van der Waals surface area contributed by atoms with Crippen molar-refractivity contribution in [1.29, 1.82) is 0 Å². The molecule has 2 atom stereocenters. The number of alkyl carbamates (subject to hydrolysis) is 1. The lowest BCUT2D eigenvalue weighted by Crippen LogP contribution is -2.52. The number of Topliss-reactive ketones (excluding diaryl/α,β-unsaturated/α-hetero) is 1. The largest absolute Gasteiger partial charge is 0.466 e. The van der Waals surface area contributed by atoms with E-state index in [0.29, 0.717) is 19.3 Å². The van der Waals surface area contributed by atoms with Crippen molar-refractivity contribution >= 4 is 23.8 Å². The Kier molecular flexibility index (Phi) is 12.7. The molecule has 2 N–H and O–H groups in total. The van der Waals surface area contributed by atoms with E-state index >= 15 is 0 Å². The van der Waals surface area contributed by atoms with Gasteiger partial charge in [0.1, 0.15) is 19.1 Å². The van der Waals surface area contributed by atoms with Gasteiger partial charge in [-0.25, -0.2) is 4.79 Å². The molecular weight excluding hydrogens is 412 g/mol. The van der Waals surface area contributed by atoms with Gasteiger partial charge in [-0.2, -0.15) is 0 Å². The number of esters is 1. The number of ether oxygens (including phenoxy) is 2. The summed E-state index contributed by atoms with van der Waals surface area (Å²) in [5.74, 6) is -1.38. The third kappa shape index (κ3) is 10.9. The van der Waals surface area contributed by atoms with Gasteiger partial charge in [-0.15, -0.1) is 0 Å². The maximum absolute atomic E-state index is 12.9. The number of carbonyl (C=O) groups excluding carboxylic acids is 4. The van der Waals surface area contributed by atoms with E-state index in [0.717, 1.165) is 12.0 Å². The predicted octanol–water partition coefficient (Wildman–Crippen LogP) is 3.52. The Labute approximate surface area is 190 Å². The second-order valence-corrected chi connectivity index (χ2v) is 8.04. The van der Waals surface area contributed by atoms with Gasteiger partial charge in [0.2, 0.25) is 5.91 Å². The smallest absolute Gasteiger partial charge is 0.408 e. The third-order valence-corrected chi connectivity index (χ3v) is 4.70. The Morgan fingerprint density at radius 3 is 2.22 bits per heavy atom. The first-order valence-corrected chi connectivity index (χ1v) is 11.2. The molecule has 8 nitrogen and oxygen atoms in total. The van der Waals surface area contributed by atoms with Crippen molar-refractivity contribution in [2.75, 3.05) is 6.61 Å². The number of hydrogen-bond acceptors (Lipinski definition) is 6. The van der Waals surface area contributed by atoms with E-state index in [2.05, 4.69) is 10.6 Å². The maximum Gasteiger partial charge on any atom is 0.408 e. The van der Waals surface area contributed by atoms with E-state index in [-0.39, 0.29) is 19.1 Å². The highest BCUT2D eigenvalue weighted by molar-refractivity contribution is 6.00. The van der Waals surface area contributed by atoms with Crippen LogP contribution in [0.2, 0.25) is 0 Å². The van der Waals surface area contributed by atoms with Crippen molar-refractivity contribution in [2.24, 2.45) is 5.92 Å². The van der Waals surface area contributed by atoms with E-state index < -0.39 is 42.3 Å². The zero-order valence-electron chi connectivity index (χ0n) is 19.5. The van der Waals surface area contributed by atoms with E-state index in [1.165, 1.54) is 0 Å². The second-order valence-electron chi connectivity index (χ2n) is 8.04. The topological polar surface area (TPSA) is 111 Å². The van der Waals surface area contributed by atoms with Crippen LogP contribution in [0.15, 0.2) is 30.3 Å². The zero-order valence-corrected chi connectivity index (χ0v) is 19.5. The highest BCUT2D eigenvalue weighted by Crippen LogP contribution is 2.10. The molecule has 1 aromatic carbocycles. The summed E-state index contributed by atoms with van der Waals surface area (Å²) in [6.07, 6.45) is 1.22. The van der Waals surface area contributed by atoms with Gasteiger partial charge in [0.25, 0.3) is 0 Å². The highest BCUT2D eigenvalue weighted by atomic mass is 16.5. The van der Waals surface area contributed by atoms with Crippen molar-refractivity contribution in [2.45, 2.75) is 78.5 Å². The fraction of sp³-hybridized carbons (Fsp3) is 0.583. The number of carbonyl (C=O) groups is 4. The van der Waals surface area contributed by atoms with Gasteiger partial charge in [-0.05, 0) is 31.2 Å². The molecule has 0 heterocycles. The summed E-state index contributed by atoms with van der Waals surface area (Å²) in [7, 11) is 0. The molecule has 0 bridgehead atoms. The second kappa shape index (κ2) is 15.0. The van der Waals surface area contributed by atoms with Crippen LogP contribution < -0.4 is 10.6 Å². The molecule has 1 aromatic rings. The van der Waals surface area contributed by atoms with E-state index in [9.17, 15) is 19.2 Å². The van der Waals surface area contributed by atoms with Gasteiger partial charge in [-0.3, -0.25) is 14.4 Å². The predicted molar refractivity (Wildman–Crippen MR) is 121 cm³/mol. The van der Waals surface area contributed by atoms with Crippen LogP contribution in [-0.4, -0.2) is 42.4 Å². The SMILES string of the molecule is CCCCC(NC(=O)[C@H](CC(C)C)NC(=O)OCc1ccccc1)C(=O)CC(=O)OCC. The van der Waals surface area contributed by atoms with Crippen molar-refractivity contribution in [3.8, 4) is 0 Å². The number of nitrogens with one attached hydrogen (secondary N) is 2. The van der Waals surface area contributed by atoms with Gasteiger partial charge in [0, 0.05) is 0 Å². The van der Waals surface area contributed by atoms with Gasteiger partial charge < -0.3 is 20.1 Å². The van der Waals surface area contributed by atoms with Crippen molar-refractivity contribution in [3.63, 3.8) is 0 Å². The fourth-order valence-corrected chi connectivity index (χ4v) is 3.08. The minimum absolute atomic E-state index is 0.0832. The van der Waals surface area contributed by atoms with Gasteiger partial charge in [0.05, 0.1) is 12.6 Å². The minimum atomic E-state index is -0.863. The molecule has 0 spiro atoms. The van der Waals surface area contributed by atoms with E-state index in [1.807, 2.05) is 51.1 Å². The summed E-state index contributed by atoms with van der Waals surface area (Å²) in [6.45, 7) is 7.76. The van der Waals surface area contributed by atoms with Crippen molar-refractivity contribution in [1.82, 2.24) is 10.6 Å². The maximum atomic E-state index is 12.9. The summed E-state index contributed by atoms with van der Waals surface area (Å²) < 4.78 is 10.1. The number of benzene rings is 1. The third-order valence-electron chi connectivity index (χ3n) is 4.70. The standard InChI is InChI=1S/C24H36N2O6/c1-5-7-13-19(21(27)15-22(28)31-6-2)25-23(29)20(14-17(3)4)26-24(30)32-16-18-11-9-8-10-12-18/h8-12,17,19-20H,5-7,13-16H2,1-4H3,(H,25,29)(H,26,30)/t19?,20-/m0/s1. The Bertz CT molecular complexity index is 735. The summed E-state index contributed by atoms with van der Waals surface area (Å²) in [5.41, 5.74) is 0.830. The first-order chi connectivity index (χ1) is 15.3. The summed E-state index contributed by atoms with van der Waals surface area (Å²) in [4.78, 5) is 49.5. The lowest BCUT2D eigenvalue weighted by molar-refractivity contribution is -0.146. The first kappa shape index (κ1) is 27.1. The van der Waals surface area contributed by atoms with E-state index in [1.54, 1.807) is 6.92 Å². The van der Waals surface area contributed by atoms with Gasteiger partial charge in [0.15, 0.2) is 5.78 Å². The molecule has 8 heteroatoms. The molecule has 1 rings (SSSR count). The number of ketones is 1. The van der Waals surface area contributed by atoms with Crippen LogP contribution in [-0.2, 0) is 30.5 Å². The van der Waals surface area contributed by atoms with Gasteiger partial charge >= 0.3 is 12.1 Å². The summed E-state index contributed by atoms with van der Waals surface area (Å²) in [5, 5.41) is 5.32. The molecular formula is C24H36N2O6. The molecule has 32 heavy (non-hydrogen) atoms. The Hall–Kier alpha value is -2.90. The van der Waals surface area contributed by atoms with Crippen LogP contribution >= 0.6 is 0 Å². The molecule has 2 amide bonds. The Morgan fingerprint density at radius 1 is 0.938 bits per heavy atom. The fourth-order valence-electron chi connectivity index (χ4n) is 3.08. The van der Waals surface area contributed by atoms with Gasteiger partial charge in [-0.1, -0.05) is 63.9 Å². The molecule has 0 radical (unpaired) electrons. The summed E-state index contributed by atoms with van der Waals surface area (Å²) >= 11 is 0. The molecule has 0 fully saturated rings. The van der Waals surface area contributed by atoms with Crippen molar-refractivity contribution in [3.05, 3.63) is 35.9 Å². The lowest BCUT2D eigenvalue weighted by atomic mass is 10.00. The van der Waals surface area contributed by atoms with Crippen LogP contribution in [0.3, 0.4) is 0 Å². The summed E-state index contributed by atoms with van der Waals surface area (Å²) in [6, 6.07) is 7.54. The molecule has 1 unspecified atom stereocenters. The quantitative estimate of drug-likeness (QED) is 0.333. The number of hydrogen-bond donors (Lipinski definition) is 2. The normalized spacial score (nSPS) is 12.5. The number of amides is 2. The minimum Gasteiger partial charge on any atom is -0.466 e. The van der Waals surface area contributed by atoms with Crippen molar-refractivity contribution < 1.29 is 28.7 Å². The molecule has 0 aliphatic heterocycles. The van der Waals surface area contributed by atoms with Crippen LogP contribution in [0.1, 0.15) is 65.4 Å². The molecule has 0 saturated heterocycles. The average molecular weight is 449 g/mol. The first-order valence-electron chi connectivity index (χ1n) is 11.2. The number of rotatable bonds is 14. The molecule has 0 aliphatic carbocycles.